The van der Waals surface area contributed by atoms with Crippen LogP contribution in [-0.2, 0) is 9.53 Å². The first-order valence-corrected chi connectivity index (χ1v) is 11.0. The van der Waals surface area contributed by atoms with Crippen LogP contribution in [0.5, 0.6) is 17.2 Å². The molecule has 8 heteroatoms. The Hall–Kier alpha value is -4.04. The quantitative estimate of drug-likeness (QED) is 0.423. The summed E-state index contributed by atoms with van der Waals surface area (Å²) in [4.78, 5) is 25.2. The molecular weight excluding hydrogens is 448 g/mol. The van der Waals surface area contributed by atoms with Gasteiger partial charge in [0.2, 0.25) is 5.75 Å². The van der Waals surface area contributed by atoms with E-state index in [1.165, 1.54) is 28.4 Å². The largest absolute Gasteiger partial charge is 0.493 e. The Balaban J connectivity index is 2.01. The second kappa shape index (κ2) is 11.9. The van der Waals surface area contributed by atoms with Crippen LogP contribution in [0.4, 0.5) is 5.69 Å². The van der Waals surface area contributed by atoms with Crippen molar-refractivity contribution in [1.29, 1.82) is 0 Å². The summed E-state index contributed by atoms with van der Waals surface area (Å²) in [5.41, 5.74) is 3.68. The van der Waals surface area contributed by atoms with Gasteiger partial charge < -0.3 is 24.3 Å². The van der Waals surface area contributed by atoms with Crippen LogP contribution in [0.25, 0.3) is 0 Å². The Morgan fingerprint density at radius 1 is 0.857 bits per heavy atom. The van der Waals surface area contributed by atoms with Crippen molar-refractivity contribution in [3.05, 3.63) is 82.9 Å². The van der Waals surface area contributed by atoms with Crippen LogP contribution < -0.4 is 24.8 Å². The average molecular weight is 479 g/mol. The number of nitrogens with one attached hydrogen (secondary N) is 2. The van der Waals surface area contributed by atoms with Crippen molar-refractivity contribution in [3.63, 3.8) is 0 Å². The number of hydrogen-bond acceptors (Lipinski definition) is 7. The number of carbonyl (C=O) groups excluding carboxylic acids is 2. The van der Waals surface area contributed by atoms with Gasteiger partial charge in [0, 0.05) is 11.3 Å². The minimum absolute atomic E-state index is 0.00423. The van der Waals surface area contributed by atoms with Crippen molar-refractivity contribution in [2.45, 2.75) is 13.0 Å². The van der Waals surface area contributed by atoms with Gasteiger partial charge in [-0.1, -0.05) is 48.0 Å². The van der Waals surface area contributed by atoms with Gasteiger partial charge in [-0.25, -0.2) is 0 Å². The summed E-state index contributed by atoms with van der Waals surface area (Å²) >= 11 is 0. The van der Waals surface area contributed by atoms with E-state index < -0.39 is 0 Å². The molecule has 8 nitrogen and oxygen atoms in total. The number of anilines is 1. The zero-order chi connectivity index (χ0) is 25.4. The highest BCUT2D eigenvalue weighted by Gasteiger charge is 2.22. The van der Waals surface area contributed by atoms with Crippen LogP contribution in [0.1, 0.15) is 33.1 Å². The molecule has 3 aromatic rings. The van der Waals surface area contributed by atoms with Crippen LogP contribution in [0, 0.1) is 6.92 Å². The van der Waals surface area contributed by atoms with Crippen molar-refractivity contribution in [2.75, 3.05) is 40.3 Å². The van der Waals surface area contributed by atoms with Crippen LogP contribution in [0.2, 0.25) is 0 Å². The second-order valence-corrected chi connectivity index (χ2v) is 7.76. The fourth-order valence-electron chi connectivity index (χ4n) is 3.75. The average Bonchev–Trinajstić information content (AvgIpc) is 2.89. The SMILES string of the molecule is COC(=O)CN[C@H](c1ccccc1)c1cc(C)ccc1NC(=O)c1cc(OC)c(OC)c(OC)c1. The second-order valence-electron chi connectivity index (χ2n) is 7.76. The Morgan fingerprint density at radius 2 is 1.51 bits per heavy atom. The summed E-state index contributed by atoms with van der Waals surface area (Å²) in [7, 11) is 5.84. The fraction of sp³-hybridized carbons (Fsp3) is 0.259. The minimum Gasteiger partial charge on any atom is -0.493 e. The normalized spacial score (nSPS) is 11.3. The van der Waals surface area contributed by atoms with Gasteiger partial charge >= 0.3 is 5.97 Å². The molecular formula is C27H30N2O6. The van der Waals surface area contributed by atoms with Gasteiger partial charge in [-0.2, -0.15) is 0 Å². The van der Waals surface area contributed by atoms with Gasteiger partial charge in [0.15, 0.2) is 11.5 Å². The van der Waals surface area contributed by atoms with Crippen molar-refractivity contribution in [2.24, 2.45) is 0 Å². The van der Waals surface area contributed by atoms with Crippen LogP contribution in [-0.4, -0.2) is 46.9 Å². The third-order valence-electron chi connectivity index (χ3n) is 5.50. The Labute approximate surface area is 205 Å². The molecule has 0 unspecified atom stereocenters. The summed E-state index contributed by atoms with van der Waals surface area (Å²) in [5, 5.41) is 6.25. The van der Waals surface area contributed by atoms with E-state index in [-0.39, 0.29) is 24.5 Å². The van der Waals surface area contributed by atoms with E-state index >= 15 is 0 Å². The minimum atomic E-state index is -0.387. The fourth-order valence-corrected chi connectivity index (χ4v) is 3.75. The Bertz CT molecular complexity index is 1150. The van der Waals surface area contributed by atoms with E-state index in [1.807, 2.05) is 55.5 Å². The molecule has 0 fully saturated rings. The lowest BCUT2D eigenvalue weighted by Gasteiger charge is -2.23. The molecule has 2 N–H and O–H groups in total. The van der Waals surface area contributed by atoms with Crippen molar-refractivity contribution >= 4 is 17.6 Å². The molecule has 1 atom stereocenters. The lowest BCUT2D eigenvalue weighted by atomic mass is 9.95. The van der Waals surface area contributed by atoms with E-state index in [9.17, 15) is 9.59 Å². The van der Waals surface area contributed by atoms with Gasteiger partial charge in [0.05, 0.1) is 41.0 Å². The lowest BCUT2D eigenvalue weighted by molar-refractivity contribution is -0.139. The maximum Gasteiger partial charge on any atom is 0.319 e. The summed E-state index contributed by atoms with van der Waals surface area (Å²) < 4.78 is 20.9. The zero-order valence-electron chi connectivity index (χ0n) is 20.5. The van der Waals surface area contributed by atoms with E-state index in [0.29, 0.717) is 28.5 Å². The topological polar surface area (TPSA) is 95.1 Å². The summed E-state index contributed by atoms with van der Waals surface area (Å²) in [6.45, 7) is 1.97. The molecule has 0 aliphatic carbocycles. The first kappa shape index (κ1) is 25.6. The summed E-state index contributed by atoms with van der Waals surface area (Å²) in [6, 6.07) is 18.2. The van der Waals surface area contributed by atoms with Gasteiger partial charge in [-0.3, -0.25) is 14.9 Å². The third-order valence-corrected chi connectivity index (χ3v) is 5.50. The highest BCUT2D eigenvalue weighted by atomic mass is 16.5. The molecule has 0 aromatic heterocycles. The molecule has 1 amide bonds. The van der Waals surface area contributed by atoms with Gasteiger partial charge in [0.25, 0.3) is 5.91 Å². The number of amides is 1. The molecule has 0 heterocycles. The number of aryl methyl sites for hydroxylation is 1. The standard InChI is InChI=1S/C27H30N2O6/c1-17-11-12-21(29-27(31)19-14-22(32-2)26(35-5)23(15-19)33-3)20(13-17)25(28-16-24(30)34-4)18-9-7-6-8-10-18/h6-15,25,28H,16H2,1-5H3,(H,29,31)/t25-/m1/s1. The van der Waals surface area contributed by atoms with Crippen molar-refractivity contribution in [1.82, 2.24) is 5.32 Å². The first-order chi connectivity index (χ1) is 16.9. The number of methoxy groups -OCH3 is 4. The molecule has 0 saturated carbocycles. The monoisotopic (exact) mass is 478 g/mol. The molecule has 0 aliphatic rings. The van der Waals surface area contributed by atoms with E-state index in [4.69, 9.17) is 18.9 Å². The van der Waals surface area contributed by atoms with Gasteiger partial charge in [-0.05, 0) is 36.2 Å². The third kappa shape index (κ3) is 6.10. The highest BCUT2D eigenvalue weighted by Crippen LogP contribution is 2.38. The summed E-state index contributed by atoms with van der Waals surface area (Å²) in [5.74, 6) is 0.417. The van der Waals surface area contributed by atoms with Crippen LogP contribution in [0.3, 0.4) is 0 Å². The number of benzene rings is 3. The number of ether oxygens (including phenoxy) is 4. The lowest BCUT2D eigenvalue weighted by Crippen LogP contribution is -2.30. The Kier molecular flexibility index (Phi) is 8.69. The smallest absolute Gasteiger partial charge is 0.319 e. The number of rotatable bonds is 10. The van der Waals surface area contributed by atoms with Gasteiger partial charge in [0.1, 0.15) is 0 Å². The molecule has 184 valence electrons. The molecule has 0 spiro atoms. The van der Waals surface area contributed by atoms with Crippen LogP contribution >= 0.6 is 0 Å². The molecule has 3 aromatic carbocycles. The maximum atomic E-state index is 13.3. The molecule has 35 heavy (non-hydrogen) atoms. The van der Waals surface area contributed by atoms with E-state index in [1.54, 1.807) is 12.1 Å². The van der Waals surface area contributed by atoms with Gasteiger partial charge in [-0.15, -0.1) is 0 Å². The first-order valence-electron chi connectivity index (χ1n) is 11.0. The van der Waals surface area contributed by atoms with E-state index in [0.717, 1.165) is 16.7 Å². The number of hydrogen-bond donors (Lipinski definition) is 2. The molecule has 0 aliphatic heterocycles. The molecule has 0 saturated heterocycles. The molecule has 0 radical (unpaired) electrons. The summed E-state index contributed by atoms with van der Waals surface area (Å²) in [6.07, 6.45) is 0. The number of esters is 1. The van der Waals surface area contributed by atoms with Crippen molar-refractivity contribution < 1.29 is 28.5 Å². The van der Waals surface area contributed by atoms with Crippen molar-refractivity contribution in [3.8, 4) is 17.2 Å². The van der Waals surface area contributed by atoms with E-state index in [2.05, 4.69) is 10.6 Å². The number of carbonyl (C=O) groups is 2. The predicted octanol–water partition coefficient (Wildman–Crippen LogP) is 4.13. The predicted molar refractivity (Wildman–Crippen MR) is 134 cm³/mol. The highest BCUT2D eigenvalue weighted by molar-refractivity contribution is 6.05. The molecule has 0 bridgehead atoms. The molecule has 3 rings (SSSR count). The Morgan fingerprint density at radius 3 is 2.09 bits per heavy atom. The zero-order valence-corrected chi connectivity index (χ0v) is 20.5. The van der Waals surface area contributed by atoms with Crippen LogP contribution in [0.15, 0.2) is 60.7 Å². The maximum absolute atomic E-state index is 13.3.